The van der Waals surface area contributed by atoms with Gasteiger partial charge in [0.25, 0.3) is 0 Å². The second kappa shape index (κ2) is 11.7. The maximum Gasteiger partial charge on any atom is 0.193 e. The monoisotopic (exact) mass is 464 g/mol. The zero-order valence-corrected chi connectivity index (χ0v) is 18.2. The lowest BCUT2D eigenvalue weighted by molar-refractivity contribution is 0.0263. The highest BCUT2D eigenvalue weighted by Crippen LogP contribution is 2.19. The van der Waals surface area contributed by atoms with Gasteiger partial charge in [-0.15, -0.1) is 24.0 Å². The summed E-state index contributed by atoms with van der Waals surface area (Å²) in [6.45, 7) is 8.50. The molecule has 0 saturated carbocycles. The van der Waals surface area contributed by atoms with Crippen molar-refractivity contribution in [2.24, 2.45) is 4.99 Å². The number of ether oxygens (including phenoxy) is 1. The van der Waals surface area contributed by atoms with Crippen molar-refractivity contribution in [1.29, 1.82) is 0 Å². The van der Waals surface area contributed by atoms with Crippen molar-refractivity contribution in [3.05, 3.63) is 24.2 Å². The molecule has 0 aromatic carbocycles. The first-order chi connectivity index (χ1) is 11.7. The van der Waals surface area contributed by atoms with E-state index in [0.717, 1.165) is 50.8 Å². The van der Waals surface area contributed by atoms with E-state index in [-0.39, 0.29) is 30.0 Å². The maximum atomic E-state index is 5.74. The third kappa shape index (κ3) is 6.79. The highest BCUT2D eigenvalue weighted by Gasteiger charge is 2.22. The number of halogens is 1. The fourth-order valence-electron chi connectivity index (χ4n) is 3.06. The normalized spacial score (nSPS) is 17.5. The molecule has 7 heteroatoms. The average molecular weight is 464 g/mol. The molecule has 0 amide bonds. The Morgan fingerprint density at radius 2 is 2.12 bits per heavy atom. The standard InChI is InChI=1S/C18H32N4O2.HI/c1-5-19-18(22-11-9-15(10-12-22)23-6-2)20-14-16(21(3)4)17-8-7-13-24-17;/h7-8,13,15-16H,5-6,9-12,14H2,1-4H3,(H,19,20);1H. The Bertz CT molecular complexity index is 485. The van der Waals surface area contributed by atoms with Crippen molar-refractivity contribution in [1.82, 2.24) is 15.1 Å². The van der Waals surface area contributed by atoms with Crippen LogP contribution in [0.15, 0.2) is 27.8 Å². The van der Waals surface area contributed by atoms with E-state index in [1.807, 2.05) is 12.1 Å². The van der Waals surface area contributed by atoms with Crippen LogP contribution in [0.5, 0.6) is 0 Å². The van der Waals surface area contributed by atoms with Gasteiger partial charge in [-0.1, -0.05) is 0 Å². The highest BCUT2D eigenvalue weighted by atomic mass is 127. The summed E-state index contributed by atoms with van der Waals surface area (Å²) in [6, 6.07) is 4.09. The van der Waals surface area contributed by atoms with Crippen LogP contribution in [-0.4, -0.2) is 68.7 Å². The zero-order valence-electron chi connectivity index (χ0n) is 15.9. The molecule has 1 aliphatic rings. The largest absolute Gasteiger partial charge is 0.468 e. The molecule has 1 aliphatic heterocycles. The molecule has 25 heavy (non-hydrogen) atoms. The third-order valence-electron chi connectivity index (χ3n) is 4.39. The summed E-state index contributed by atoms with van der Waals surface area (Å²) in [4.78, 5) is 9.36. The lowest BCUT2D eigenvalue weighted by atomic mass is 10.1. The van der Waals surface area contributed by atoms with E-state index in [2.05, 4.69) is 43.1 Å². The summed E-state index contributed by atoms with van der Waals surface area (Å²) < 4.78 is 11.3. The quantitative estimate of drug-likeness (QED) is 0.382. The van der Waals surface area contributed by atoms with Gasteiger partial charge >= 0.3 is 0 Å². The number of likely N-dealkylation sites (tertiary alicyclic amines) is 1. The first-order valence-corrected chi connectivity index (χ1v) is 9.00. The van der Waals surface area contributed by atoms with Crippen molar-refractivity contribution in [2.45, 2.75) is 38.8 Å². The first-order valence-electron chi connectivity index (χ1n) is 9.00. The predicted molar refractivity (Wildman–Crippen MR) is 113 cm³/mol. The van der Waals surface area contributed by atoms with E-state index in [1.54, 1.807) is 6.26 Å². The van der Waals surface area contributed by atoms with Crippen molar-refractivity contribution in [2.75, 3.05) is 46.9 Å². The van der Waals surface area contributed by atoms with Gasteiger partial charge in [0, 0.05) is 26.2 Å². The molecule has 1 fully saturated rings. The van der Waals surface area contributed by atoms with Gasteiger partial charge < -0.3 is 19.4 Å². The van der Waals surface area contributed by atoms with E-state index in [4.69, 9.17) is 14.1 Å². The van der Waals surface area contributed by atoms with Crippen LogP contribution in [0.4, 0.5) is 0 Å². The molecule has 1 N–H and O–H groups in total. The van der Waals surface area contributed by atoms with Crippen molar-refractivity contribution in [3.8, 4) is 0 Å². The van der Waals surface area contributed by atoms with Crippen LogP contribution in [0, 0.1) is 0 Å². The van der Waals surface area contributed by atoms with Gasteiger partial charge in [-0.25, -0.2) is 0 Å². The summed E-state index contributed by atoms with van der Waals surface area (Å²) in [6.07, 6.45) is 4.24. The van der Waals surface area contributed by atoms with Crippen LogP contribution >= 0.6 is 24.0 Å². The van der Waals surface area contributed by atoms with Gasteiger partial charge in [-0.3, -0.25) is 9.89 Å². The highest BCUT2D eigenvalue weighted by molar-refractivity contribution is 14.0. The van der Waals surface area contributed by atoms with Crippen LogP contribution < -0.4 is 5.32 Å². The van der Waals surface area contributed by atoms with Crippen molar-refractivity contribution in [3.63, 3.8) is 0 Å². The van der Waals surface area contributed by atoms with E-state index in [9.17, 15) is 0 Å². The number of furan rings is 1. The Morgan fingerprint density at radius 3 is 2.64 bits per heavy atom. The van der Waals surface area contributed by atoms with Crippen LogP contribution in [0.1, 0.15) is 38.5 Å². The molecule has 0 aliphatic carbocycles. The van der Waals surface area contributed by atoms with Gasteiger partial charge in [-0.05, 0) is 52.9 Å². The first kappa shape index (κ1) is 22.2. The van der Waals surface area contributed by atoms with Crippen LogP contribution in [0.25, 0.3) is 0 Å². The summed E-state index contributed by atoms with van der Waals surface area (Å²) in [5, 5.41) is 3.42. The van der Waals surface area contributed by atoms with Crippen molar-refractivity contribution < 1.29 is 9.15 Å². The Labute approximate surface area is 169 Å². The van der Waals surface area contributed by atoms with E-state index >= 15 is 0 Å². The average Bonchev–Trinajstić information content (AvgIpc) is 3.09. The topological polar surface area (TPSA) is 53.2 Å². The maximum absolute atomic E-state index is 5.74. The summed E-state index contributed by atoms with van der Waals surface area (Å²) >= 11 is 0. The number of guanidine groups is 1. The van der Waals surface area contributed by atoms with Gasteiger partial charge in [0.2, 0.25) is 0 Å². The predicted octanol–water partition coefficient (Wildman–Crippen LogP) is 2.97. The molecule has 0 radical (unpaired) electrons. The molecule has 2 rings (SSSR count). The third-order valence-corrected chi connectivity index (χ3v) is 4.39. The lowest BCUT2D eigenvalue weighted by Gasteiger charge is -2.34. The zero-order chi connectivity index (χ0) is 17.4. The van der Waals surface area contributed by atoms with E-state index in [1.165, 1.54) is 0 Å². The lowest BCUT2D eigenvalue weighted by Crippen LogP contribution is -2.47. The fraction of sp³-hybridized carbons (Fsp3) is 0.722. The number of aliphatic imine (C=N–C) groups is 1. The minimum atomic E-state index is 0. The molecule has 0 spiro atoms. The smallest absolute Gasteiger partial charge is 0.193 e. The number of hydrogen-bond donors (Lipinski definition) is 1. The fourth-order valence-corrected chi connectivity index (χ4v) is 3.06. The molecule has 1 atom stereocenters. The summed E-state index contributed by atoms with van der Waals surface area (Å²) in [5.74, 6) is 1.94. The molecule has 1 aromatic heterocycles. The summed E-state index contributed by atoms with van der Waals surface area (Å²) in [7, 11) is 4.12. The molecule has 1 saturated heterocycles. The minimum Gasteiger partial charge on any atom is -0.468 e. The second-order valence-electron chi connectivity index (χ2n) is 6.33. The Hall–Kier alpha value is -0.800. The molecular weight excluding hydrogens is 431 g/mol. The second-order valence-corrected chi connectivity index (χ2v) is 6.33. The van der Waals surface area contributed by atoms with Crippen LogP contribution in [0.3, 0.4) is 0 Å². The molecular formula is C18H33IN4O2. The number of hydrogen-bond acceptors (Lipinski definition) is 4. The molecule has 6 nitrogen and oxygen atoms in total. The summed E-state index contributed by atoms with van der Waals surface area (Å²) in [5.41, 5.74) is 0. The Morgan fingerprint density at radius 1 is 1.40 bits per heavy atom. The molecule has 0 bridgehead atoms. The van der Waals surface area contributed by atoms with Gasteiger partial charge in [0.15, 0.2) is 5.96 Å². The Kier molecular flexibility index (Phi) is 10.4. The Balaban J connectivity index is 0.00000312. The van der Waals surface area contributed by atoms with Crippen LogP contribution in [-0.2, 0) is 4.74 Å². The molecule has 2 heterocycles. The number of likely N-dealkylation sites (N-methyl/N-ethyl adjacent to an activating group) is 1. The molecule has 144 valence electrons. The number of rotatable bonds is 7. The minimum absolute atomic E-state index is 0. The van der Waals surface area contributed by atoms with Gasteiger partial charge in [0.05, 0.1) is 25.0 Å². The SMILES string of the molecule is CCNC(=NCC(c1ccco1)N(C)C)N1CCC(OCC)CC1.I. The number of piperidine rings is 1. The van der Waals surface area contributed by atoms with Crippen molar-refractivity contribution >= 4 is 29.9 Å². The van der Waals surface area contributed by atoms with Crippen LogP contribution in [0.2, 0.25) is 0 Å². The number of nitrogens with one attached hydrogen (secondary N) is 1. The molecule has 1 aromatic rings. The van der Waals surface area contributed by atoms with Gasteiger partial charge in [0.1, 0.15) is 5.76 Å². The number of nitrogens with zero attached hydrogens (tertiary/aromatic N) is 3. The van der Waals surface area contributed by atoms with E-state index in [0.29, 0.717) is 12.6 Å². The molecule has 1 unspecified atom stereocenters. The van der Waals surface area contributed by atoms with E-state index < -0.39 is 0 Å². The van der Waals surface area contributed by atoms with Gasteiger partial charge in [-0.2, -0.15) is 0 Å².